The van der Waals surface area contributed by atoms with Crippen LogP contribution in [0.4, 0.5) is 5.69 Å². The molecule has 0 saturated heterocycles. The Morgan fingerprint density at radius 1 is 1.46 bits per heavy atom. The zero-order valence-electron chi connectivity index (χ0n) is 13.4. The predicted octanol–water partition coefficient (Wildman–Crippen LogP) is 1.32. The van der Waals surface area contributed by atoms with E-state index in [4.69, 9.17) is 5.73 Å². The summed E-state index contributed by atoms with van der Waals surface area (Å²) in [6.07, 6.45) is 7.47. The van der Waals surface area contributed by atoms with Crippen LogP contribution in [-0.2, 0) is 4.79 Å². The van der Waals surface area contributed by atoms with E-state index in [9.17, 15) is 9.59 Å². The topological polar surface area (TPSA) is 102 Å². The molecule has 7 heteroatoms. The van der Waals surface area contributed by atoms with Gasteiger partial charge in [0, 0.05) is 18.8 Å². The Morgan fingerprint density at radius 2 is 2.29 bits per heavy atom. The third kappa shape index (κ3) is 3.24. The third-order valence-corrected chi connectivity index (χ3v) is 4.47. The van der Waals surface area contributed by atoms with Crippen LogP contribution in [0.1, 0.15) is 29.6 Å². The highest BCUT2D eigenvalue weighted by Crippen LogP contribution is 2.28. The number of nitrogens with zero attached hydrogens (tertiary/aromatic N) is 2. The van der Waals surface area contributed by atoms with Crippen molar-refractivity contribution in [1.29, 1.82) is 0 Å². The molecule has 2 unspecified atom stereocenters. The standard InChI is InChI=1S/C17H21N5O2/c1-2-15(23)21-12-6-5-11(8-12)9-19-16-13(17(18)24)10-20-22-7-3-4-14(16)22/h2-4,7,10-12,19H,1,5-6,8-9H2,(H2,18,24)(H,21,23). The van der Waals surface area contributed by atoms with Gasteiger partial charge in [0.1, 0.15) is 0 Å². The van der Waals surface area contributed by atoms with E-state index in [2.05, 4.69) is 22.3 Å². The van der Waals surface area contributed by atoms with Gasteiger partial charge >= 0.3 is 0 Å². The normalized spacial score (nSPS) is 20.0. The SMILES string of the molecule is C=CC(=O)NC1CCC(CNc2c(C(N)=O)cnn3cccc23)C1. The average molecular weight is 327 g/mol. The second kappa shape index (κ2) is 6.74. The number of anilines is 1. The van der Waals surface area contributed by atoms with Gasteiger partial charge in [-0.25, -0.2) is 4.52 Å². The minimum Gasteiger partial charge on any atom is -0.382 e. The molecule has 1 saturated carbocycles. The number of primary amides is 1. The zero-order valence-corrected chi connectivity index (χ0v) is 13.4. The van der Waals surface area contributed by atoms with Gasteiger partial charge in [-0.15, -0.1) is 0 Å². The number of carbonyl (C=O) groups excluding carboxylic acids is 2. The maximum atomic E-state index is 11.7. The molecule has 2 aromatic heterocycles. The molecule has 3 rings (SSSR count). The van der Waals surface area contributed by atoms with E-state index in [1.54, 1.807) is 4.52 Å². The summed E-state index contributed by atoms with van der Waals surface area (Å²) in [5.74, 6) is -0.214. The molecular formula is C17H21N5O2. The van der Waals surface area contributed by atoms with Crippen molar-refractivity contribution >= 4 is 23.0 Å². The van der Waals surface area contributed by atoms with Gasteiger partial charge in [-0.05, 0) is 43.4 Å². The Morgan fingerprint density at radius 3 is 3.04 bits per heavy atom. The van der Waals surface area contributed by atoms with E-state index in [0.29, 0.717) is 23.7 Å². The molecule has 7 nitrogen and oxygen atoms in total. The summed E-state index contributed by atoms with van der Waals surface area (Å²) >= 11 is 0. The molecular weight excluding hydrogens is 306 g/mol. The minimum atomic E-state index is -0.503. The highest BCUT2D eigenvalue weighted by molar-refractivity contribution is 6.01. The fourth-order valence-electron chi connectivity index (χ4n) is 3.26. The quantitative estimate of drug-likeness (QED) is 0.696. The fourth-order valence-corrected chi connectivity index (χ4v) is 3.26. The maximum Gasteiger partial charge on any atom is 0.252 e. The van der Waals surface area contributed by atoms with Gasteiger partial charge in [0.25, 0.3) is 5.91 Å². The lowest BCUT2D eigenvalue weighted by molar-refractivity contribution is -0.117. The van der Waals surface area contributed by atoms with Gasteiger partial charge in [-0.1, -0.05) is 6.58 Å². The first-order valence-corrected chi connectivity index (χ1v) is 8.01. The number of hydrogen-bond donors (Lipinski definition) is 3. The fraction of sp³-hybridized carbons (Fsp3) is 0.353. The molecule has 0 aliphatic heterocycles. The van der Waals surface area contributed by atoms with Crippen molar-refractivity contribution in [2.24, 2.45) is 11.7 Å². The largest absolute Gasteiger partial charge is 0.382 e. The Bertz CT molecular complexity index is 782. The molecule has 1 aliphatic carbocycles. The maximum absolute atomic E-state index is 11.7. The first-order valence-electron chi connectivity index (χ1n) is 8.01. The molecule has 4 N–H and O–H groups in total. The van der Waals surface area contributed by atoms with E-state index >= 15 is 0 Å². The van der Waals surface area contributed by atoms with E-state index in [1.807, 2.05) is 18.3 Å². The molecule has 2 heterocycles. The van der Waals surface area contributed by atoms with Gasteiger partial charge < -0.3 is 16.4 Å². The summed E-state index contributed by atoms with van der Waals surface area (Å²) < 4.78 is 1.70. The molecule has 1 aliphatic rings. The number of nitrogens with one attached hydrogen (secondary N) is 2. The van der Waals surface area contributed by atoms with Crippen molar-refractivity contribution in [3.63, 3.8) is 0 Å². The van der Waals surface area contributed by atoms with E-state index in [0.717, 1.165) is 24.8 Å². The summed E-state index contributed by atoms with van der Waals surface area (Å²) in [7, 11) is 0. The number of nitrogens with two attached hydrogens (primary N) is 1. The number of rotatable bonds is 6. The van der Waals surface area contributed by atoms with Crippen LogP contribution >= 0.6 is 0 Å². The molecule has 0 bridgehead atoms. The van der Waals surface area contributed by atoms with E-state index < -0.39 is 5.91 Å². The second-order valence-corrected chi connectivity index (χ2v) is 6.11. The molecule has 0 aromatic carbocycles. The Hall–Kier alpha value is -2.83. The molecule has 2 atom stereocenters. The van der Waals surface area contributed by atoms with Crippen LogP contribution < -0.4 is 16.4 Å². The number of amides is 2. The third-order valence-electron chi connectivity index (χ3n) is 4.47. The zero-order chi connectivity index (χ0) is 17.1. The van der Waals surface area contributed by atoms with Crippen molar-refractivity contribution in [2.45, 2.75) is 25.3 Å². The molecule has 0 radical (unpaired) electrons. The Kier molecular flexibility index (Phi) is 4.50. The van der Waals surface area contributed by atoms with Crippen LogP contribution in [0.25, 0.3) is 5.52 Å². The Balaban J connectivity index is 1.69. The highest BCUT2D eigenvalue weighted by Gasteiger charge is 2.25. The van der Waals surface area contributed by atoms with Crippen molar-refractivity contribution in [2.75, 3.05) is 11.9 Å². The summed E-state index contributed by atoms with van der Waals surface area (Å²) in [5.41, 5.74) is 7.38. The monoisotopic (exact) mass is 327 g/mol. The minimum absolute atomic E-state index is 0.131. The second-order valence-electron chi connectivity index (χ2n) is 6.11. The highest BCUT2D eigenvalue weighted by atomic mass is 16.1. The summed E-state index contributed by atoms with van der Waals surface area (Å²) in [6, 6.07) is 3.95. The number of aromatic nitrogens is 2. The van der Waals surface area contributed by atoms with Crippen molar-refractivity contribution in [1.82, 2.24) is 14.9 Å². The molecule has 2 amide bonds. The lowest BCUT2D eigenvalue weighted by Crippen LogP contribution is -2.31. The summed E-state index contributed by atoms with van der Waals surface area (Å²) in [5, 5.41) is 10.5. The first-order chi connectivity index (χ1) is 11.6. The van der Waals surface area contributed by atoms with Crippen molar-refractivity contribution in [3.05, 3.63) is 42.7 Å². The molecule has 2 aromatic rings. The van der Waals surface area contributed by atoms with Crippen molar-refractivity contribution < 1.29 is 9.59 Å². The van der Waals surface area contributed by atoms with E-state index in [-0.39, 0.29) is 11.9 Å². The van der Waals surface area contributed by atoms with Crippen LogP contribution in [-0.4, -0.2) is 34.0 Å². The Labute approximate surface area is 139 Å². The van der Waals surface area contributed by atoms with Crippen LogP contribution in [0.3, 0.4) is 0 Å². The molecule has 0 spiro atoms. The van der Waals surface area contributed by atoms with Gasteiger partial charge in [0.15, 0.2) is 0 Å². The van der Waals surface area contributed by atoms with Crippen LogP contribution in [0.5, 0.6) is 0 Å². The number of fused-ring (bicyclic) bond motifs is 1. The lowest BCUT2D eigenvalue weighted by Gasteiger charge is -2.16. The van der Waals surface area contributed by atoms with Crippen molar-refractivity contribution in [3.8, 4) is 0 Å². The smallest absolute Gasteiger partial charge is 0.252 e. The summed E-state index contributed by atoms with van der Waals surface area (Å²) in [6.45, 7) is 4.19. The number of hydrogen-bond acceptors (Lipinski definition) is 4. The lowest BCUT2D eigenvalue weighted by atomic mass is 10.1. The summed E-state index contributed by atoms with van der Waals surface area (Å²) in [4.78, 5) is 23.1. The van der Waals surface area contributed by atoms with Gasteiger partial charge in [0.2, 0.25) is 5.91 Å². The predicted molar refractivity (Wildman–Crippen MR) is 91.7 cm³/mol. The molecule has 126 valence electrons. The average Bonchev–Trinajstić information content (AvgIpc) is 3.21. The van der Waals surface area contributed by atoms with E-state index in [1.165, 1.54) is 12.3 Å². The first kappa shape index (κ1) is 16.0. The molecule has 24 heavy (non-hydrogen) atoms. The van der Waals surface area contributed by atoms with Gasteiger partial charge in [-0.2, -0.15) is 5.10 Å². The van der Waals surface area contributed by atoms with Crippen LogP contribution in [0.15, 0.2) is 37.2 Å². The van der Waals surface area contributed by atoms with Crippen LogP contribution in [0.2, 0.25) is 0 Å². The van der Waals surface area contributed by atoms with Gasteiger partial charge in [-0.3, -0.25) is 9.59 Å². The van der Waals surface area contributed by atoms with Crippen LogP contribution in [0, 0.1) is 5.92 Å². The molecule has 1 fully saturated rings. The van der Waals surface area contributed by atoms with Gasteiger partial charge in [0.05, 0.1) is 23.0 Å². The number of carbonyl (C=O) groups is 2.